The van der Waals surface area contributed by atoms with E-state index in [1.54, 1.807) is 19.4 Å². The molecule has 6 heteroatoms. The van der Waals surface area contributed by atoms with Gasteiger partial charge in [0.2, 0.25) is 0 Å². The van der Waals surface area contributed by atoms with Crippen LogP contribution in [0.4, 0.5) is 0 Å². The summed E-state index contributed by atoms with van der Waals surface area (Å²) in [5.74, 6) is -0.359. The number of phenolic OH excluding ortho intramolecular Hbond substituents is 2. The first-order valence-corrected chi connectivity index (χ1v) is 5.73. The highest BCUT2D eigenvalue weighted by Crippen LogP contribution is 2.29. The normalized spacial score (nSPS) is 10.4. The third-order valence-electron chi connectivity index (χ3n) is 2.89. The van der Waals surface area contributed by atoms with E-state index in [2.05, 4.69) is 4.98 Å². The van der Waals surface area contributed by atoms with E-state index in [0.29, 0.717) is 6.54 Å². The average Bonchev–Trinajstić information content (AvgIpc) is 2.77. The maximum absolute atomic E-state index is 12.2. The molecule has 6 nitrogen and oxygen atoms in total. The summed E-state index contributed by atoms with van der Waals surface area (Å²) in [4.78, 5) is 17.7. The molecule has 0 unspecified atom stereocenters. The van der Waals surface area contributed by atoms with Gasteiger partial charge in [0.25, 0.3) is 5.91 Å². The van der Waals surface area contributed by atoms with Crippen molar-refractivity contribution >= 4 is 5.91 Å². The molecule has 0 saturated carbocycles. The number of aryl methyl sites for hydroxylation is 1. The van der Waals surface area contributed by atoms with Crippen LogP contribution in [0, 0.1) is 0 Å². The minimum Gasteiger partial charge on any atom is -0.504 e. The Hall–Kier alpha value is -2.50. The number of amides is 1. The Morgan fingerprint density at radius 1 is 1.42 bits per heavy atom. The van der Waals surface area contributed by atoms with E-state index in [4.69, 9.17) is 0 Å². The average molecular weight is 261 g/mol. The van der Waals surface area contributed by atoms with E-state index < -0.39 is 5.75 Å². The lowest BCUT2D eigenvalue weighted by Crippen LogP contribution is -2.27. The minimum atomic E-state index is -0.404. The largest absolute Gasteiger partial charge is 0.504 e. The van der Waals surface area contributed by atoms with Crippen molar-refractivity contribution in [3.63, 3.8) is 0 Å². The second-order valence-corrected chi connectivity index (χ2v) is 4.29. The Balaban J connectivity index is 2.20. The van der Waals surface area contributed by atoms with Crippen LogP contribution >= 0.6 is 0 Å². The second kappa shape index (κ2) is 5.01. The van der Waals surface area contributed by atoms with Gasteiger partial charge in [-0.1, -0.05) is 6.07 Å². The molecule has 1 heterocycles. The van der Waals surface area contributed by atoms with Crippen molar-refractivity contribution < 1.29 is 15.0 Å². The van der Waals surface area contributed by atoms with Crippen LogP contribution in [0.3, 0.4) is 0 Å². The van der Waals surface area contributed by atoms with Crippen molar-refractivity contribution in [2.75, 3.05) is 7.05 Å². The Morgan fingerprint density at radius 3 is 2.79 bits per heavy atom. The molecule has 1 amide bonds. The van der Waals surface area contributed by atoms with Gasteiger partial charge in [0.05, 0.1) is 12.1 Å². The minimum absolute atomic E-state index is 0.0664. The SMILES string of the molecule is CN(Cc1nccn1C)C(=O)c1cccc(O)c1O. The predicted molar refractivity (Wildman–Crippen MR) is 68.8 cm³/mol. The lowest BCUT2D eigenvalue weighted by atomic mass is 10.1. The van der Waals surface area contributed by atoms with Crippen LogP contribution in [0.1, 0.15) is 16.2 Å². The summed E-state index contributed by atoms with van der Waals surface area (Å²) in [5, 5.41) is 19.1. The smallest absolute Gasteiger partial charge is 0.257 e. The van der Waals surface area contributed by atoms with Gasteiger partial charge in [-0.25, -0.2) is 4.98 Å². The maximum atomic E-state index is 12.2. The highest BCUT2D eigenvalue weighted by atomic mass is 16.3. The van der Waals surface area contributed by atoms with E-state index in [9.17, 15) is 15.0 Å². The molecule has 0 aliphatic heterocycles. The molecule has 0 fully saturated rings. The van der Waals surface area contributed by atoms with Gasteiger partial charge < -0.3 is 19.7 Å². The summed E-state index contributed by atoms with van der Waals surface area (Å²) in [6, 6.07) is 4.30. The molecule has 0 radical (unpaired) electrons. The van der Waals surface area contributed by atoms with E-state index >= 15 is 0 Å². The highest BCUT2D eigenvalue weighted by molar-refractivity contribution is 5.97. The van der Waals surface area contributed by atoms with Crippen LogP contribution < -0.4 is 0 Å². The first-order chi connectivity index (χ1) is 9.00. The molecule has 2 N–H and O–H groups in total. The number of hydrogen-bond donors (Lipinski definition) is 2. The molecular formula is C13H15N3O3. The molecule has 0 spiro atoms. The van der Waals surface area contributed by atoms with Crippen LogP contribution in [-0.2, 0) is 13.6 Å². The lowest BCUT2D eigenvalue weighted by Gasteiger charge is -2.17. The van der Waals surface area contributed by atoms with Gasteiger partial charge in [-0.05, 0) is 12.1 Å². The van der Waals surface area contributed by atoms with Crippen molar-refractivity contribution in [3.05, 3.63) is 42.0 Å². The summed E-state index contributed by atoms with van der Waals surface area (Å²) in [7, 11) is 3.45. The zero-order chi connectivity index (χ0) is 14.0. The molecule has 2 aromatic rings. The van der Waals surface area contributed by atoms with Crippen LogP contribution in [0.15, 0.2) is 30.6 Å². The zero-order valence-electron chi connectivity index (χ0n) is 10.7. The van der Waals surface area contributed by atoms with E-state index in [-0.39, 0.29) is 17.2 Å². The van der Waals surface area contributed by atoms with Crippen molar-refractivity contribution in [3.8, 4) is 11.5 Å². The Labute approximate surface area is 110 Å². The number of phenols is 2. The monoisotopic (exact) mass is 261 g/mol. The first-order valence-electron chi connectivity index (χ1n) is 5.73. The lowest BCUT2D eigenvalue weighted by molar-refractivity contribution is 0.0777. The van der Waals surface area contributed by atoms with Crippen molar-refractivity contribution in [1.29, 1.82) is 0 Å². The maximum Gasteiger partial charge on any atom is 0.257 e. The molecule has 0 aliphatic rings. The predicted octanol–water partition coefficient (Wildman–Crippen LogP) is 1.10. The van der Waals surface area contributed by atoms with Crippen LogP contribution in [0.2, 0.25) is 0 Å². The number of carbonyl (C=O) groups excluding carboxylic acids is 1. The fourth-order valence-corrected chi connectivity index (χ4v) is 1.74. The van der Waals surface area contributed by atoms with Gasteiger partial charge in [0.15, 0.2) is 11.5 Å². The van der Waals surface area contributed by atoms with Gasteiger partial charge in [-0.2, -0.15) is 0 Å². The van der Waals surface area contributed by atoms with Crippen molar-refractivity contribution in [2.45, 2.75) is 6.54 Å². The number of benzene rings is 1. The van der Waals surface area contributed by atoms with E-state index in [1.165, 1.54) is 23.1 Å². The van der Waals surface area contributed by atoms with Gasteiger partial charge in [-0.3, -0.25) is 4.79 Å². The molecular weight excluding hydrogens is 246 g/mol. The van der Waals surface area contributed by atoms with Crippen molar-refractivity contribution in [2.24, 2.45) is 7.05 Å². The molecule has 19 heavy (non-hydrogen) atoms. The number of aromatic hydroxyl groups is 2. The summed E-state index contributed by atoms with van der Waals surface area (Å²) in [6.45, 7) is 0.317. The third kappa shape index (κ3) is 2.52. The van der Waals surface area contributed by atoms with Gasteiger partial charge in [0.1, 0.15) is 5.82 Å². The number of nitrogens with zero attached hydrogens (tertiary/aromatic N) is 3. The number of imidazole rings is 1. The molecule has 1 aromatic heterocycles. The van der Waals surface area contributed by atoms with Gasteiger partial charge in [0, 0.05) is 26.5 Å². The number of para-hydroxylation sites is 1. The van der Waals surface area contributed by atoms with Crippen molar-refractivity contribution in [1.82, 2.24) is 14.5 Å². The van der Waals surface area contributed by atoms with Crippen LogP contribution in [0.5, 0.6) is 11.5 Å². The molecule has 0 atom stereocenters. The van der Waals surface area contributed by atoms with Gasteiger partial charge in [-0.15, -0.1) is 0 Å². The zero-order valence-corrected chi connectivity index (χ0v) is 10.7. The summed E-state index contributed by atoms with van der Waals surface area (Å²) >= 11 is 0. The third-order valence-corrected chi connectivity index (χ3v) is 2.89. The van der Waals surface area contributed by atoms with Crippen LogP contribution in [-0.4, -0.2) is 37.6 Å². The molecule has 2 rings (SSSR count). The standard InChI is InChI=1S/C13H15N3O3/c1-15-7-6-14-11(15)8-16(2)13(19)9-4-3-5-10(17)12(9)18/h3-7,17-18H,8H2,1-2H3. The fourth-order valence-electron chi connectivity index (χ4n) is 1.74. The Kier molecular flexibility index (Phi) is 3.41. The fraction of sp³-hybridized carbons (Fsp3) is 0.231. The molecule has 0 aliphatic carbocycles. The molecule has 0 bridgehead atoms. The topological polar surface area (TPSA) is 78.6 Å². The number of rotatable bonds is 3. The second-order valence-electron chi connectivity index (χ2n) is 4.29. The molecule has 100 valence electrons. The molecule has 0 saturated heterocycles. The number of carbonyl (C=O) groups is 1. The first kappa shape index (κ1) is 12.9. The van der Waals surface area contributed by atoms with E-state index in [0.717, 1.165) is 5.82 Å². The number of aromatic nitrogens is 2. The quantitative estimate of drug-likeness (QED) is 0.811. The van der Waals surface area contributed by atoms with Gasteiger partial charge >= 0.3 is 0 Å². The summed E-state index contributed by atoms with van der Waals surface area (Å²) in [6.07, 6.45) is 3.44. The summed E-state index contributed by atoms with van der Waals surface area (Å²) in [5.41, 5.74) is 0.0664. The van der Waals surface area contributed by atoms with E-state index in [1.807, 2.05) is 11.6 Å². The highest BCUT2D eigenvalue weighted by Gasteiger charge is 2.18. The summed E-state index contributed by atoms with van der Waals surface area (Å²) < 4.78 is 1.81. The molecule has 1 aromatic carbocycles. The Morgan fingerprint density at radius 2 is 2.16 bits per heavy atom. The van der Waals surface area contributed by atoms with Crippen LogP contribution in [0.25, 0.3) is 0 Å². The Bertz CT molecular complexity index is 607. The number of hydrogen-bond acceptors (Lipinski definition) is 4.